The molecule has 0 spiro atoms. The van der Waals surface area contributed by atoms with E-state index in [9.17, 15) is 9.18 Å². The van der Waals surface area contributed by atoms with Crippen molar-refractivity contribution in [2.45, 2.75) is 45.1 Å². The Morgan fingerprint density at radius 2 is 2.05 bits per heavy atom. The lowest BCUT2D eigenvalue weighted by Gasteiger charge is -2.42. The van der Waals surface area contributed by atoms with Crippen molar-refractivity contribution in [3.8, 4) is 0 Å². The summed E-state index contributed by atoms with van der Waals surface area (Å²) in [5, 5.41) is 0. The van der Waals surface area contributed by atoms with Gasteiger partial charge in [0.05, 0.1) is 18.8 Å². The Bertz CT molecular complexity index is 484. The third-order valence-electron chi connectivity index (χ3n) is 4.20. The fourth-order valence-corrected chi connectivity index (χ4v) is 2.87. The number of amides is 1. The van der Waals surface area contributed by atoms with Crippen LogP contribution in [0.2, 0.25) is 0 Å². The van der Waals surface area contributed by atoms with Gasteiger partial charge < -0.3 is 9.64 Å². The molecule has 1 fully saturated rings. The third-order valence-corrected chi connectivity index (χ3v) is 4.20. The van der Waals surface area contributed by atoms with Gasteiger partial charge in [0.1, 0.15) is 5.82 Å². The van der Waals surface area contributed by atoms with Gasteiger partial charge in [-0.25, -0.2) is 4.39 Å². The lowest BCUT2D eigenvalue weighted by atomic mass is 9.91. The van der Waals surface area contributed by atoms with Crippen molar-refractivity contribution in [2.75, 3.05) is 19.8 Å². The van der Waals surface area contributed by atoms with E-state index in [1.807, 2.05) is 18.7 Å². The predicted octanol–water partition coefficient (Wildman–Crippen LogP) is 3.35. The molecule has 0 bridgehead atoms. The number of hydrogen-bond donors (Lipinski definition) is 0. The van der Waals surface area contributed by atoms with E-state index in [0.29, 0.717) is 26.2 Å². The molecule has 1 aromatic carbocycles. The fourth-order valence-electron chi connectivity index (χ4n) is 2.87. The first-order chi connectivity index (χ1) is 9.94. The normalized spacial score (nSPS) is 19.3. The molecule has 3 nitrogen and oxygen atoms in total. The fraction of sp³-hybridized carbons (Fsp3) is 0.588. The lowest BCUT2D eigenvalue weighted by molar-refractivity contribution is -0.146. The second-order valence-corrected chi connectivity index (χ2v) is 6.27. The zero-order valence-corrected chi connectivity index (χ0v) is 13.1. The highest BCUT2D eigenvalue weighted by atomic mass is 19.1. The van der Waals surface area contributed by atoms with E-state index in [1.54, 1.807) is 12.1 Å². The number of rotatable bonds is 4. The number of ether oxygens (including phenoxy) is 1. The Morgan fingerprint density at radius 3 is 2.62 bits per heavy atom. The first kappa shape index (κ1) is 16.0. The van der Waals surface area contributed by atoms with Crippen molar-refractivity contribution in [1.82, 2.24) is 4.90 Å². The van der Waals surface area contributed by atoms with E-state index in [2.05, 4.69) is 6.92 Å². The smallest absolute Gasteiger partial charge is 0.223 e. The standard InChI is InChI=1S/C17H24FNO2/c1-4-13(14-5-7-15(18)8-6-14)11-16(20)19-9-10-21-12-17(19,2)3/h5-8,13H,4,9-12H2,1-3H3. The Hall–Kier alpha value is -1.42. The van der Waals surface area contributed by atoms with Gasteiger partial charge in [-0.05, 0) is 43.9 Å². The maximum atomic E-state index is 13.0. The monoisotopic (exact) mass is 293 g/mol. The van der Waals surface area contributed by atoms with E-state index >= 15 is 0 Å². The van der Waals surface area contributed by atoms with Crippen LogP contribution in [-0.2, 0) is 9.53 Å². The Labute approximate surface area is 126 Å². The van der Waals surface area contributed by atoms with Crippen molar-refractivity contribution < 1.29 is 13.9 Å². The van der Waals surface area contributed by atoms with Gasteiger partial charge in [-0.1, -0.05) is 19.1 Å². The molecule has 1 aliphatic rings. The van der Waals surface area contributed by atoms with E-state index < -0.39 is 0 Å². The molecule has 1 aromatic rings. The quantitative estimate of drug-likeness (QED) is 0.852. The lowest BCUT2D eigenvalue weighted by Crippen LogP contribution is -2.55. The molecule has 116 valence electrons. The van der Waals surface area contributed by atoms with Crippen LogP contribution < -0.4 is 0 Å². The van der Waals surface area contributed by atoms with Crippen molar-refractivity contribution in [2.24, 2.45) is 0 Å². The van der Waals surface area contributed by atoms with Crippen LogP contribution in [0.1, 0.15) is 45.1 Å². The topological polar surface area (TPSA) is 29.5 Å². The van der Waals surface area contributed by atoms with Gasteiger partial charge in [-0.3, -0.25) is 4.79 Å². The highest BCUT2D eigenvalue weighted by Gasteiger charge is 2.34. The maximum Gasteiger partial charge on any atom is 0.223 e. The number of halogens is 1. The van der Waals surface area contributed by atoms with Gasteiger partial charge >= 0.3 is 0 Å². The Balaban J connectivity index is 2.07. The number of benzene rings is 1. The number of carbonyl (C=O) groups excluding carboxylic acids is 1. The largest absolute Gasteiger partial charge is 0.377 e. The summed E-state index contributed by atoms with van der Waals surface area (Å²) in [4.78, 5) is 14.5. The molecule has 1 saturated heterocycles. The summed E-state index contributed by atoms with van der Waals surface area (Å²) >= 11 is 0. The molecule has 1 heterocycles. The summed E-state index contributed by atoms with van der Waals surface area (Å²) in [6.07, 6.45) is 1.33. The van der Waals surface area contributed by atoms with Gasteiger partial charge in [0.15, 0.2) is 0 Å². The third kappa shape index (κ3) is 3.82. The van der Waals surface area contributed by atoms with Gasteiger partial charge in [0.25, 0.3) is 0 Å². The second kappa shape index (κ2) is 6.56. The summed E-state index contributed by atoms with van der Waals surface area (Å²) in [7, 11) is 0. The highest BCUT2D eigenvalue weighted by molar-refractivity contribution is 5.78. The number of nitrogens with zero attached hydrogens (tertiary/aromatic N) is 1. The second-order valence-electron chi connectivity index (χ2n) is 6.27. The zero-order chi connectivity index (χ0) is 15.5. The minimum absolute atomic E-state index is 0.136. The first-order valence-electron chi connectivity index (χ1n) is 7.57. The Kier molecular flexibility index (Phi) is 4.99. The Morgan fingerprint density at radius 1 is 1.38 bits per heavy atom. The van der Waals surface area contributed by atoms with E-state index in [-0.39, 0.29) is 23.2 Å². The van der Waals surface area contributed by atoms with E-state index in [4.69, 9.17) is 4.74 Å². The molecule has 4 heteroatoms. The molecule has 2 rings (SSSR count). The summed E-state index contributed by atoms with van der Waals surface area (Å²) < 4.78 is 18.5. The van der Waals surface area contributed by atoms with Crippen LogP contribution in [-0.4, -0.2) is 36.1 Å². The zero-order valence-electron chi connectivity index (χ0n) is 13.1. The molecule has 1 amide bonds. The number of morpholine rings is 1. The van der Waals surface area contributed by atoms with Gasteiger partial charge in [0.2, 0.25) is 5.91 Å². The summed E-state index contributed by atoms with van der Waals surface area (Å²) in [5.74, 6) is 0.0467. The molecule has 0 aromatic heterocycles. The van der Waals surface area contributed by atoms with Crippen LogP contribution in [0.5, 0.6) is 0 Å². The molecule has 1 atom stereocenters. The molecule has 1 aliphatic heterocycles. The molecule has 0 saturated carbocycles. The number of carbonyl (C=O) groups is 1. The van der Waals surface area contributed by atoms with Crippen molar-refractivity contribution in [3.63, 3.8) is 0 Å². The van der Waals surface area contributed by atoms with Crippen LogP contribution in [0.3, 0.4) is 0 Å². The molecule has 0 aliphatic carbocycles. The average Bonchev–Trinajstić information content (AvgIpc) is 2.45. The van der Waals surface area contributed by atoms with Crippen LogP contribution in [0.15, 0.2) is 24.3 Å². The minimum atomic E-state index is -0.254. The maximum absolute atomic E-state index is 13.0. The van der Waals surface area contributed by atoms with Crippen LogP contribution in [0.4, 0.5) is 4.39 Å². The minimum Gasteiger partial charge on any atom is -0.377 e. The molecule has 21 heavy (non-hydrogen) atoms. The first-order valence-corrected chi connectivity index (χ1v) is 7.57. The molecular formula is C17H24FNO2. The molecule has 0 N–H and O–H groups in total. The average molecular weight is 293 g/mol. The summed E-state index contributed by atoms with van der Waals surface area (Å²) in [6, 6.07) is 6.48. The van der Waals surface area contributed by atoms with Crippen LogP contribution >= 0.6 is 0 Å². The predicted molar refractivity (Wildman–Crippen MR) is 80.7 cm³/mol. The highest BCUT2D eigenvalue weighted by Crippen LogP contribution is 2.27. The summed E-state index contributed by atoms with van der Waals surface area (Å²) in [6.45, 7) is 7.94. The van der Waals surface area contributed by atoms with Crippen LogP contribution in [0.25, 0.3) is 0 Å². The van der Waals surface area contributed by atoms with Crippen LogP contribution in [0, 0.1) is 5.82 Å². The molecular weight excluding hydrogens is 269 g/mol. The number of hydrogen-bond acceptors (Lipinski definition) is 2. The van der Waals surface area contributed by atoms with Gasteiger partial charge in [0, 0.05) is 13.0 Å². The molecule has 0 radical (unpaired) electrons. The summed E-state index contributed by atoms with van der Waals surface area (Å²) in [5.41, 5.74) is 0.773. The van der Waals surface area contributed by atoms with Gasteiger partial charge in [-0.15, -0.1) is 0 Å². The van der Waals surface area contributed by atoms with E-state index in [0.717, 1.165) is 12.0 Å². The SMILES string of the molecule is CCC(CC(=O)N1CCOCC1(C)C)c1ccc(F)cc1. The molecule has 1 unspecified atom stereocenters. The van der Waals surface area contributed by atoms with Gasteiger partial charge in [-0.2, -0.15) is 0 Å². The van der Waals surface area contributed by atoms with E-state index in [1.165, 1.54) is 12.1 Å². The van der Waals surface area contributed by atoms with Crippen molar-refractivity contribution in [1.29, 1.82) is 0 Å². The van der Waals surface area contributed by atoms with Crippen molar-refractivity contribution in [3.05, 3.63) is 35.6 Å². The van der Waals surface area contributed by atoms with Crippen molar-refractivity contribution >= 4 is 5.91 Å².